The van der Waals surface area contributed by atoms with Crippen molar-refractivity contribution >= 4 is 5.91 Å². The van der Waals surface area contributed by atoms with E-state index in [1.165, 1.54) is 5.56 Å². The van der Waals surface area contributed by atoms with E-state index < -0.39 is 6.10 Å². The molecular formula is C18H24N4O2. The summed E-state index contributed by atoms with van der Waals surface area (Å²) in [6.45, 7) is 4.28. The van der Waals surface area contributed by atoms with Crippen LogP contribution in [0.15, 0.2) is 24.3 Å². The first-order valence-electron chi connectivity index (χ1n) is 8.59. The van der Waals surface area contributed by atoms with Crippen LogP contribution < -0.4 is 5.32 Å². The summed E-state index contributed by atoms with van der Waals surface area (Å²) in [5, 5.41) is 20.9. The van der Waals surface area contributed by atoms with Crippen LogP contribution in [0.3, 0.4) is 0 Å². The highest BCUT2D eigenvalue weighted by Gasteiger charge is 2.34. The Morgan fingerprint density at radius 3 is 2.71 bits per heavy atom. The normalized spacial score (nSPS) is 15.3. The predicted octanol–water partition coefficient (Wildman–Crippen LogP) is 2.34. The van der Waals surface area contributed by atoms with Crippen molar-refractivity contribution in [2.75, 3.05) is 6.54 Å². The minimum absolute atomic E-state index is 0.244. The number of aryl methyl sites for hydroxylation is 1. The van der Waals surface area contributed by atoms with Gasteiger partial charge in [-0.05, 0) is 38.3 Å². The first kappa shape index (κ1) is 16.6. The van der Waals surface area contributed by atoms with Crippen molar-refractivity contribution in [3.63, 3.8) is 0 Å². The van der Waals surface area contributed by atoms with Crippen molar-refractivity contribution in [2.24, 2.45) is 0 Å². The molecule has 2 aromatic rings. The Morgan fingerprint density at radius 2 is 2.08 bits per heavy atom. The lowest BCUT2D eigenvalue weighted by Crippen LogP contribution is -2.32. The van der Waals surface area contributed by atoms with Gasteiger partial charge in [0.05, 0.1) is 17.5 Å². The molecule has 1 amide bonds. The summed E-state index contributed by atoms with van der Waals surface area (Å²) < 4.78 is 1.77. The van der Waals surface area contributed by atoms with Gasteiger partial charge in [-0.25, -0.2) is 4.68 Å². The van der Waals surface area contributed by atoms with E-state index in [0.29, 0.717) is 18.0 Å². The molecule has 1 fully saturated rings. The molecule has 6 heteroatoms. The van der Waals surface area contributed by atoms with Gasteiger partial charge in [-0.15, -0.1) is 5.10 Å². The average molecular weight is 328 g/mol. The van der Waals surface area contributed by atoms with Crippen LogP contribution in [0.25, 0.3) is 5.69 Å². The Morgan fingerprint density at radius 1 is 1.38 bits per heavy atom. The van der Waals surface area contributed by atoms with Crippen LogP contribution in [0.5, 0.6) is 0 Å². The van der Waals surface area contributed by atoms with Crippen molar-refractivity contribution in [1.29, 1.82) is 0 Å². The van der Waals surface area contributed by atoms with Gasteiger partial charge in [-0.2, -0.15) is 0 Å². The van der Waals surface area contributed by atoms with Gasteiger partial charge in [0.25, 0.3) is 5.91 Å². The molecule has 1 aliphatic carbocycles. The van der Waals surface area contributed by atoms with E-state index >= 15 is 0 Å². The first-order chi connectivity index (χ1) is 11.6. The summed E-state index contributed by atoms with van der Waals surface area (Å²) in [6, 6.07) is 8.02. The van der Waals surface area contributed by atoms with Crippen molar-refractivity contribution in [1.82, 2.24) is 20.3 Å². The SMILES string of the molecule is CCCC(O)CNC(=O)c1nnn(-c2ccc(C)cc2)c1C1CC1. The highest BCUT2D eigenvalue weighted by atomic mass is 16.3. The third-order valence-corrected chi connectivity index (χ3v) is 4.28. The number of carbonyl (C=O) groups excluding carboxylic acids is 1. The second kappa shape index (κ2) is 7.13. The highest BCUT2D eigenvalue weighted by Crippen LogP contribution is 2.41. The van der Waals surface area contributed by atoms with Crippen LogP contribution in [0.1, 0.15) is 60.3 Å². The fourth-order valence-corrected chi connectivity index (χ4v) is 2.78. The zero-order valence-electron chi connectivity index (χ0n) is 14.2. The molecule has 1 aromatic heterocycles. The lowest BCUT2D eigenvalue weighted by Gasteiger charge is -2.11. The molecule has 6 nitrogen and oxygen atoms in total. The molecule has 0 bridgehead atoms. The number of nitrogens with zero attached hydrogens (tertiary/aromatic N) is 3. The Bertz CT molecular complexity index is 704. The smallest absolute Gasteiger partial charge is 0.273 e. The largest absolute Gasteiger partial charge is 0.391 e. The number of nitrogens with one attached hydrogen (secondary N) is 1. The predicted molar refractivity (Wildman–Crippen MR) is 91.3 cm³/mol. The third kappa shape index (κ3) is 3.64. The molecule has 1 saturated carbocycles. The molecule has 1 heterocycles. The van der Waals surface area contributed by atoms with Gasteiger partial charge in [-0.3, -0.25) is 4.79 Å². The third-order valence-electron chi connectivity index (χ3n) is 4.28. The maximum Gasteiger partial charge on any atom is 0.273 e. The summed E-state index contributed by atoms with van der Waals surface area (Å²) in [7, 11) is 0. The first-order valence-corrected chi connectivity index (χ1v) is 8.59. The van der Waals surface area contributed by atoms with Gasteiger partial charge in [0.15, 0.2) is 5.69 Å². The minimum Gasteiger partial charge on any atom is -0.391 e. The minimum atomic E-state index is -0.518. The molecule has 1 atom stereocenters. The molecule has 128 valence electrons. The van der Waals surface area contributed by atoms with Gasteiger partial charge in [0.2, 0.25) is 0 Å². The lowest BCUT2D eigenvalue weighted by molar-refractivity contribution is 0.0904. The number of aliphatic hydroxyl groups excluding tert-OH is 1. The molecule has 24 heavy (non-hydrogen) atoms. The summed E-state index contributed by atoms with van der Waals surface area (Å²) >= 11 is 0. The monoisotopic (exact) mass is 328 g/mol. The summed E-state index contributed by atoms with van der Waals surface area (Å²) in [5.41, 5.74) is 3.35. The second-order valence-corrected chi connectivity index (χ2v) is 6.50. The fourth-order valence-electron chi connectivity index (χ4n) is 2.78. The number of aromatic nitrogens is 3. The second-order valence-electron chi connectivity index (χ2n) is 6.50. The zero-order valence-corrected chi connectivity index (χ0v) is 14.2. The maximum absolute atomic E-state index is 12.5. The topological polar surface area (TPSA) is 80.0 Å². The van der Waals surface area contributed by atoms with E-state index in [4.69, 9.17) is 0 Å². The van der Waals surface area contributed by atoms with E-state index in [1.54, 1.807) is 4.68 Å². The van der Waals surface area contributed by atoms with Gasteiger partial charge in [0, 0.05) is 12.5 Å². The van der Waals surface area contributed by atoms with E-state index in [2.05, 4.69) is 15.6 Å². The number of rotatable bonds is 7. The Balaban J connectivity index is 1.81. The molecule has 3 rings (SSSR count). The van der Waals surface area contributed by atoms with E-state index in [0.717, 1.165) is 30.6 Å². The molecule has 1 aliphatic rings. The Hall–Kier alpha value is -2.21. The summed E-state index contributed by atoms with van der Waals surface area (Å²) in [6.07, 6.45) is 3.14. The fraction of sp³-hybridized carbons (Fsp3) is 0.500. The average Bonchev–Trinajstić information content (AvgIpc) is 3.32. The van der Waals surface area contributed by atoms with Crippen molar-refractivity contribution in [3.05, 3.63) is 41.2 Å². The molecule has 0 saturated heterocycles. The molecule has 0 aliphatic heterocycles. The zero-order chi connectivity index (χ0) is 17.1. The molecular weight excluding hydrogens is 304 g/mol. The number of benzene rings is 1. The maximum atomic E-state index is 12.5. The number of carbonyl (C=O) groups is 1. The molecule has 1 unspecified atom stereocenters. The molecule has 0 radical (unpaired) electrons. The molecule has 0 spiro atoms. The van der Waals surface area contributed by atoms with Gasteiger partial charge in [-0.1, -0.05) is 36.3 Å². The van der Waals surface area contributed by atoms with Crippen molar-refractivity contribution in [3.8, 4) is 5.69 Å². The van der Waals surface area contributed by atoms with Gasteiger partial charge < -0.3 is 10.4 Å². The number of hydrogen-bond acceptors (Lipinski definition) is 4. The van der Waals surface area contributed by atoms with E-state index in [1.807, 2.05) is 38.1 Å². The van der Waals surface area contributed by atoms with Crippen molar-refractivity contribution < 1.29 is 9.90 Å². The van der Waals surface area contributed by atoms with Crippen LogP contribution in [0.4, 0.5) is 0 Å². The lowest BCUT2D eigenvalue weighted by atomic mass is 10.1. The van der Waals surface area contributed by atoms with Crippen LogP contribution >= 0.6 is 0 Å². The Labute approximate surface area is 141 Å². The van der Waals surface area contributed by atoms with Gasteiger partial charge in [0.1, 0.15) is 0 Å². The summed E-state index contributed by atoms with van der Waals surface area (Å²) in [5.74, 6) is 0.0769. The number of amides is 1. The molecule has 1 aromatic carbocycles. The number of aliphatic hydroxyl groups is 1. The van der Waals surface area contributed by atoms with Crippen LogP contribution in [-0.2, 0) is 0 Å². The van der Waals surface area contributed by atoms with Gasteiger partial charge >= 0.3 is 0 Å². The van der Waals surface area contributed by atoms with E-state index in [-0.39, 0.29) is 12.5 Å². The highest BCUT2D eigenvalue weighted by molar-refractivity contribution is 5.93. The van der Waals surface area contributed by atoms with Crippen LogP contribution in [0.2, 0.25) is 0 Å². The van der Waals surface area contributed by atoms with Crippen LogP contribution in [0, 0.1) is 6.92 Å². The Kier molecular flexibility index (Phi) is 4.94. The van der Waals surface area contributed by atoms with Crippen LogP contribution in [-0.4, -0.2) is 38.7 Å². The quantitative estimate of drug-likeness (QED) is 0.817. The standard InChI is InChI=1S/C18H24N4O2/c1-3-4-15(23)11-19-18(24)16-17(13-7-8-13)22(21-20-16)14-9-5-12(2)6-10-14/h5-6,9-10,13,15,23H,3-4,7-8,11H2,1-2H3,(H,19,24). The molecule has 2 N–H and O–H groups in total. The number of hydrogen-bond donors (Lipinski definition) is 2. The summed E-state index contributed by atoms with van der Waals surface area (Å²) in [4.78, 5) is 12.5. The van der Waals surface area contributed by atoms with E-state index in [9.17, 15) is 9.90 Å². The van der Waals surface area contributed by atoms with Crippen molar-refractivity contribution in [2.45, 2.75) is 51.6 Å².